The largest absolute Gasteiger partial charge is 0.481 e. The Labute approximate surface area is 146 Å². The lowest BCUT2D eigenvalue weighted by atomic mass is 9.90. The van der Waals surface area contributed by atoms with E-state index in [9.17, 15) is 4.79 Å². The Hall–Kier alpha value is -0.480. The second-order valence-corrected chi connectivity index (χ2v) is 7.74. The number of rotatable bonds is 14. The van der Waals surface area contributed by atoms with Crippen LogP contribution in [0.1, 0.15) is 64.7 Å². The Morgan fingerprint density at radius 2 is 1.96 bits per heavy atom. The summed E-state index contributed by atoms with van der Waals surface area (Å²) < 4.78 is 5.67. The van der Waals surface area contributed by atoms with Crippen LogP contribution in [0.25, 0.3) is 0 Å². The van der Waals surface area contributed by atoms with Gasteiger partial charge >= 0.3 is 5.97 Å². The van der Waals surface area contributed by atoms with Crippen LogP contribution in [0.3, 0.4) is 0 Å². The number of hydrogen-bond acceptors (Lipinski definition) is 3. The van der Waals surface area contributed by atoms with Crippen LogP contribution in [0.5, 0.6) is 0 Å². The minimum absolute atomic E-state index is 0.273. The van der Waals surface area contributed by atoms with E-state index in [0.717, 1.165) is 32.5 Å². The van der Waals surface area contributed by atoms with Crippen molar-refractivity contribution < 1.29 is 14.6 Å². The minimum atomic E-state index is -0.699. The molecular formula is C19H34O3S. The van der Waals surface area contributed by atoms with Crippen molar-refractivity contribution >= 4 is 17.7 Å². The number of thioether (sulfide) groups is 1. The normalized spacial score (nSPS) is 21.3. The molecule has 0 aromatic heterocycles. The lowest BCUT2D eigenvalue weighted by Crippen LogP contribution is -2.12. The Morgan fingerprint density at radius 3 is 2.74 bits per heavy atom. The predicted molar refractivity (Wildman–Crippen MR) is 99.1 cm³/mol. The zero-order valence-electron chi connectivity index (χ0n) is 14.7. The van der Waals surface area contributed by atoms with Gasteiger partial charge in [0.25, 0.3) is 0 Å². The number of allylic oxidation sites excluding steroid dienone is 2. The van der Waals surface area contributed by atoms with Crippen molar-refractivity contribution in [1.29, 1.82) is 0 Å². The molecule has 23 heavy (non-hydrogen) atoms. The third kappa shape index (κ3) is 10.8. The molecule has 0 aromatic carbocycles. The lowest BCUT2D eigenvalue weighted by Gasteiger charge is -2.15. The van der Waals surface area contributed by atoms with Crippen LogP contribution >= 0.6 is 11.8 Å². The maximum Gasteiger partial charge on any atom is 0.303 e. The van der Waals surface area contributed by atoms with Crippen LogP contribution in [0.2, 0.25) is 0 Å². The number of ether oxygens (including phenoxy) is 1. The van der Waals surface area contributed by atoms with Gasteiger partial charge < -0.3 is 9.84 Å². The fourth-order valence-electron chi connectivity index (χ4n) is 2.95. The second-order valence-electron chi connectivity index (χ2n) is 6.51. The molecule has 0 amide bonds. The lowest BCUT2D eigenvalue weighted by molar-refractivity contribution is -0.137. The summed E-state index contributed by atoms with van der Waals surface area (Å²) in [5.74, 6) is 3.24. The van der Waals surface area contributed by atoms with E-state index in [0.29, 0.717) is 11.8 Å². The Balaban J connectivity index is 2.04. The number of hydrogen-bond donors (Lipinski definition) is 1. The molecular weight excluding hydrogens is 308 g/mol. The number of aliphatic carboxylic acids is 1. The summed E-state index contributed by atoms with van der Waals surface area (Å²) in [6, 6.07) is 0. The van der Waals surface area contributed by atoms with Crippen molar-refractivity contribution in [1.82, 2.24) is 0 Å². The highest BCUT2D eigenvalue weighted by Gasteiger charge is 2.26. The van der Waals surface area contributed by atoms with Crippen LogP contribution in [0, 0.1) is 11.8 Å². The summed E-state index contributed by atoms with van der Waals surface area (Å²) in [7, 11) is 0. The number of carboxylic acid groups (broad SMARTS) is 1. The SMILES string of the molecule is CCCCCCSCC[C@@H]1COC[C@@H]1C/C=C\CCCC(=O)O. The Kier molecular flexibility index (Phi) is 12.4. The highest BCUT2D eigenvalue weighted by Crippen LogP contribution is 2.28. The van der Waals surface area contributed by atoms with E-state index >= 15 is 0 Å². The van der Waals surface area contributed by atoms with Crippen molar-refractivity contribution in [2.75, 3.05) is 24.7 Å². The van der Waals surface area contributed by atoms with Crippen molar-refractivity contribution in [3.05, 3.63) is 12.2 Å². The summed E-state index contributed by atoms with van der Waals surface area (Å²) in [6.07, 6.45) is 14.0. The quantitative estimate of drug-likeness (QED) is 0.350. The second kappa shape index (κ2) is 13.9. The first-order chi connectivity index (χ1) is 11.2. The molecule has 4 heteroatoms. The molecule has 134 valence electrons. The van der Waals surface area contributed by atoms with E-state index in [1.165, 1.54) is 43.6 Å². The first kappa shape index (κ1) is 20.6. The molecule has 1 heterocycles. The average Bonchev–Trinajstić information content (AvgIpc) is 2.97. The van der Waals surface area contributed by atoms with Crippen molar-refractivity contribution in [2.24, 2.45) is 11.8 Å². The molecule has 1 saturated heterocycles. The minimum Gasteiger partial charge on any atom is -0.481 e. The van der Waals surface area contributed by atoms with Gasteiger partial charge in [-0.1, -0.05) is 38.3 Å². The summed E-state index contributed by atoms with van der Waals surface area (Å²) >= 11 is 2.10. The smallest absolute Gasteiger partial charge is 0.303 e. The van der Waals surface area contributed by atoms with Crippen LogP contribution in [0.4, 0.5) is 0 Å². The molecule has 1 aliphatic rings. The van der Waals surface area contributed by atoms with E-state index in [1.54, 1.807) is 0 Å². The molecule has 0 aromatic rings. The maximum absolute atomic E-state index is 10.4. The molecule has 0 radical (unpaired) electrons. The third-order valence-corrected chi connectivity index (χ3v) is 5.57. The molecule has 0 saturated carbocycles. The highest BCUT2D eigenvalue weighted by molar-refractivity contribution is 7.99. The van der Waals surface area contributed by atoms with Gasteiger partial charge in [-0.25, -0.2) is 0 Å². The van der Waals surface area contributed by atoms with Gasteiger partial charge in [-0.2, -0.15) is 11.8 Å². The fraction of sp³-hybridized carbons (Fsp3) is 0.842. The molecule has 2 atom stereocenters. The highest BCUT2D eigenvalue weighted by atomic mass is 32.2. The van der Waals surface area contributed by atoms with Gasteiger partial charge in [-0.15, -0.1) is 0 Å². The number of carboxylic acids is 1. The predicted octanol–water partition coefficient (Wildman–Crippen LogP) is 5.15. The van der Waals surface area contributed by atoms with Crippen LogP contribution < -0.4 is 0 Å². The molecule has 1 aliphatic heterocycles. The summed E-state index contributed by atoms with van der Waals surface area (Å²) in [4.78, 5) is 10.4. The van der Waals surface area contributed by atoms with Gasteiger partial charge in [-0.05, 0) is 55.4 Å². The molecule has 1 N–H and O–H groups in total. The molecule has 3 nitrogen and oxygen atoms in total. The fourth-order valence-corrected chi connectivity index (χ4v) is 4.03. The van der Waals surface area contributed by atoms with Crippen LogP contribution in [-0.4, -0.2) is 35.8 Å². The monoisotopic (exact) mass is 342 g/mol. The first-order valence-corrected chi connectivity index (χ1v) is 10.4. The van der Waals surface area contributed by atoms with E-state index in [4.69, 9.17) is 9.84 Å². The van der Waals surface area contributed by atoms with Crippen molar-refractivity contribution in [3.8, 4) is 0 Å². The average molecular weight is 343 g/mol. The molecule has 0 unspecified atom stereocenters. The molecule has 0 bridgehead atoms. The molecule has 0 aliphatic carbocycles. The Morgan fingerprint density at radius 1 is 1.13 bits per heavy atom. The van der Waals surface area contributed by atoms with E-state index in [2.05, 4.69) is 30.8 Å². The molecule has 1 fully saturated rings. The topological polar surface area (TPSA) is 46.5 Å². The standard InChI is InChI=1S/C19H34O3S/c1-2-3-4-9-13-23-14-12-18-16-22-15-17(18)10-7-5-6-8-11-19(20)21/h5,7,17-18H,2-4,6,8-16H2,1H3,(H,20,21)/b7-5-/t17-,18+/m0/s1. The van der Waals surface area contributed by atoms with Crippen molar-refractivity contribution in [2.45, 2.75) is 64.7 Å². The summed E-state index contributed by atoms with van der Waals surface area (Å²) in [5.41, 5.74) is 0. The molecule has 0 spiro atoms. The van der Waals surface area contributed by atoms with Crippen LogP contribution in [-0.2, 0) is 9.53 Å². The van der Waals surface area contributed by atoms with Gasteiger partial charge in [-0.3, -0.25) is 4.79 Å². The zero-order chi connectivity index (χ0) is 16.8. The summed E-state index contributed by atoms with van der Waals surface area (Å²) in [6.45, 7) is 4.08. The van der Waals surface area contributed by atoms with Crippen LogP contribution in [0.15, 0.2) is 12.2 Å². The van der Waals surface area contributed by atoms with Crippen molar-refractivity contribution in [3.63, 3.8) is 0 Å². The van der Waals surface area contributed by atoms with Gasteiger partial charge in [0.2, 0.25) is 0 Å². The van der Waals surface area contributed by atoms with Gasteiger partial charge in [0, 0.05) is 13.0 Å². The number of carbonyl (C=O) groups is 1. The Bertz CT molecular complexity index is 331. The van der Waals surface area contributed by atoms with E-state index in [-0.39, 0.29) is 6.42 Å². The van der Waals surface area contributed by atoms with E-state index < -0.39 is 5.97 Å². The third-order valence-electron chi connectivity index (χ3n) is 4.47. The van der Waals surface area contributed by atoms with Gasteiger partial charge in [0.1, 0.15) is 0 Å². The number of unbranched alkanes of at least 4 members (excludes halogenated alkanes) is 4. The van der Waals surface area contributed by atoms with E-state index in [1.807, 2.05) is 0 Å². The van der Waals surface area contributed by atoms with Gasteiger partial charge in [0.05, 0.1) is 6.61 Å². The first-order valence-electron chi connectivity index (χ1n) is 9.26. The summed E-state index contributed by atoms with van der Waals surface area (Å²) in [5, 5.41) is 8.60. The zero-order valence-corrected chi connectivity index (χ0v) is 15.5. The maximum atomic E-state index is 10.4. The molecule has 1 rings (SSSR count). The van der Waals surface area contributed by atoms with Gasteiger partial charge in [0.15, 0.2) is 0 Å².